The number of hydrogen-bond donors (Lipinski definition) is 1. The van der Waals surface area contributed by atoms with E-state index in [0.717, 1.165) is 21.3 Å². The highest BCUT2D eigenvalue weighted by Gasteiger charge is 2.22. The lowest BCUT2D eigenvalue weighted by Crippen LogP contribution is -2.41. The van der Waals surface area contributed by atoms with Crippen LogP contribution in [-0.2, 0) is 17.9 Å². The van der Waals surface area contributed by atoms with Crippen LogP contribution in [0.5, 0.6) is 5.75 Å². The monoisotopic (exact) mass is 491 g/mol. The van der Waals surface area contributed by atoms with Crippen molar-refractivity contribution in [3.05, 3.63) is 105 Å². The number of carbonyl (C=O) groups is 1. The maximum atomic E-state index is 14.1. The number of furan rings is 1. The SMILES string of the molecule is COc1ccc(Cn2c(=O)c3oc4ccccc4c3n(CC(=O)Nc3ccc(F)cc3F)c2=O)cc1. The predicted octanol–water partition coefficient (Wildman–Crippen LogP) is 3.88. The molecule has 1 N–H and O–H groups in total. The zero-order valence-electron chi connectivity index (χ0n) is 19.0. The molecule has 36 heavy (non-hydrogen) atoms. The van der Waals surface area contributed by atoms with Gasteiger partial charge in [-0.05, 0) is 42.0 Å². The number of carbonyl (C=O) groups excluding carboxylic acids is 1. The average Bonchev–Trinajstić information content (AvgIpc) is 3.26. The van der Waals surface area contributed by atoms with E-state index in [2.05, 4.69) is 5.32 Å². The van der Waals surface area contributed by atoms with Gasteiger partial charge in [-0.1, -0.05) is 24.3 Å². The Morgan fingerprint density at radius 2 is 1.75 bits per heavy atom. The van der Waals surface area contributed by atoms with E-state index in [1.807, 2.05) is 0 Å². The Bertz CT molecular complexity index is 1740. The van der Waals surface area contributed by atoms with Gasteiger partial charge in [-0.25, -0.2) is 13.6 Å². The van der Waals surface area contributed by atoms with E-state index in [0.29, 0.717) is 28.3 Å². The van der Waals surface area contributed by atoms with Crippen LogP contribution in [0.1, 0.15) is 5.56 Å². The molecule has 0 radical (unpaired) electrons. The van der Waals surface area contributed by atoms with E-state index >= 15 is 0 Å². The topological polar surface area (TPSA) is 95.5 Å². The van der Waals surface area contributed by atoms with Crippen LogP contribution in [0.25, 0.3) is 22.1 Å². The third kappa shape index (κ3) is 4.13. The first kappa shape index (κ1) is 23.0. The first-order valence-electron chi connectivity index (χ1n) is 10.9. The molecular formula is C26H19F2N3O5. The van der Waals surface area contributed by atoms with Crippen LogP contribution < -0.4 is 21.3 Å². The highest BCUT2D eigenvalue weighted by molar-refractivity contribution is 6.03. The molecular weight excluding hydrogens is 472 g/mol. The molecule has 0 fully saturated rings. The third-order valence-corrected chi connectivity index (χ3v) is 5.75. The molecule has 10 heteroatoms. The Hall–Kier alpha value is -4.73. The highest BCUT2D eigenvalue weighted by Crippen LogP contribution is 2.26. The summed E-state index contributed by atoms with van der Waals surface area (Å²) >= 11 is 0. The van der Waals surface area contributed by atoms with E-state index in [1.54, 1.807) is 48.5 Å². The van der Waals surface area contributed by atoms with Gasteiger partial charge >= 0.3 is 5.69 Å². The summed E-state index contributed by atoms with van der Waals surface area (Å²) in [5, 5.41) is 2.81. The number of amides is 1. The lowest BCUT2D eigenvalue weighted by Gasteiger charge is -2.13. The Morgan fingerprint density at radius 3 is 2.47 bits per heavy atom. The second kappa shape index (κ2) is 9.14. The summed E-state index contributed by atoms with van der Waals surface area (Å²) < 4.78 is 40.3. The van der Waals surface area contributed by atoms with Gasteiger partial charge < -0.3 is 14.5 Å². The number of fused-ring (bicyclic) bond motifs is 3. The van der Waals surface area contributed by atoms with E-state index in [4.69, 9.17) is 9.15 Å². The van der Waals surface area contributed by atoms with Gasteiger partial charge in [0, 0.05) is 11.5 Å². The number of benzene rings is 3. The van der Waals surface area contributed by atoms with Gasteiger partial charge in [0.25, 0.3) is 5.56 Å². The zero-order chi connectivity index (χ0) is 25.4. The molecule has 0 bridgehead atoms. The fourth-order valence-electron chi connectivity index (χ4n) is 4.02. The van der Waals surface area contributed by atoms with Crippen LogP contribution in [0.4, 0.5) is 14.5 Å². The Kier molecular flexibility index (Phi) is 5.85. The number of rotatable bonds is 6. The maximum absolute atomic E-state index is 14.1. The standard InChI is InChI=1S/C26H19F2N3O5/c1-35-17-9-6-15(7-10-17)13-31-25(33)24-23(18-4-2-3-5-21(18)36-24)30(26(31)34)14-22(32)29-20-11-8-16(27)12-19(20)28/h2-12H,13-14H2,1H3,(H,29,32). The summed E-state index contributed by atoms with van der Waals surface area (Å²) in [5.41, 5.74) is -0.562. The van der Waals surface area contributed by atoms with Crippen LogP contribution in [0.3, 0.4) is 0 Å². The summed E-state index contributed by atoms with van der Waals surface area (Å²) in [7, 11) is 1.52. The average molecular weight is 491 g/mol. The molecule has 182 valence electrons. The van der Waals surface area contributed by atoms with Crippen LogP contribution in [0.15, 0.2) is 80.7 Å². The molecule has 2 heterocycles. The zero-order valence-corrected chi connectivity index (χ0v) is 19.0. The number of nitrogens with one attached hydrogen (secondary N) is 1. The molecule has 2 aromatic heterocycles. The second-order valence-electron chi connectivity index (χ2n) is 8.06. The lowest BCUT2D eigenvalue weighted by atomic mass is 10.2. The minimum Gasteiger partial charge on any atom is -0.497 e. The molecule has 0 unspecified atom stereocenters. The molecule has 5 aromatic rings. The number of ether oxygens (including phenoxy) is 1. The fraction of sp³-hybridized carbons (Fsp3) is 0.115. The maximum Gasteiger partial charge on any atom is 0.332 e. The largest absolute Gasteiger partial charge is 0.497 e. The van der Waals surface area contributed by atoms with Crippen molar-refractivity contribution in [2.75, 3.05) is 12.4 Å². The minimum absolute atomic E-state index is 0.0805. The van der Waals surface area contributed by atoms with Gasteiger partial charge in [0.2, 0.25) is 11.5 Å². The molecule has 8 nitrogen and oxygen atoms in total. The van der Waals surface area contributed by atoms with Gasteiger partial charge in [-0.3, -0.25) is 18.7 Å². The summed E-state index contributed by atoms with van der Waals surface area (Å²) in [6, 6.07) is 16.3. The molecule has 3 aromatic carbocycles. The quantitative estimate of drug-likeness (QED) is 0.389. The fourth-order valence-corrected chi connectivity index (χ4v) is 4.02. The van der Waals surface area contributed by atoms with Crippen LogP contribution in [0.2, 0.25) is 0 Å². The van der Waals surface area contributed by atoms with Gasteiger partial charge in [-0.15, -0.1) is 0 Å². The predicted molar refractivity (Wildman–Crippen MR) is 129 cm³/mol. The second-order valence-corrected chi connectivity index (χ2v) is 8.06. The van der Waals surface area contributed by atoms with Crippen molar-refractivity contribution in [1.29, 1.82) is 0 Å². The number of nitrogens with zero attached hydrogens (tertiary/aromatic N) is 2. The molecule has 0 atom stereocenters. The summed E-state index contributed by atoms with van der Waals surface area (Å²) in [4.78, 5) is 39.7. The molecule has 0 aliphatic carbocycles. The third-order valence-electron chi connectivity index (χ3n) is 5.75. The Morgan fingerprint density at radius 1 is 1.00 bits per heavy atom. The number of hydrogen-bond acceptors (Lipinski definition) is 5. The van der Waals surface area contributed by atoms with E-state index in [1.165, 1.54) is 7.11 Å². The molecule has 0 saturated carbocycles. The summed E-state index contributed by atoms with van der Waals surface area (Å²) in [5.74, 6) is -1.89. The van der Waals surface area contributed by atoms with Crippen molar-refractivity contribution in [2.24, 2.45) is 0 Å². The molecule has 0 spiro atoms. The lowest BCUT2D eigenvalue weighted by molar-refractivity contribution is -0.116. The Labute approximate surface area is 202 Å². The normalized spacial score (nSPS) is 11.2. The van der Waals surface area contributed by atoms with Crippen LogP contribution in [0, 0.1) is 11.6 Å². The number of para-hydroxylation sites is 1. The van der Waals surface area contributed by atoms with Gasteiger partial charge in [-0.2, -0.15) is 0 Å². The Balaban J connectivity index is 1.62. The van der Waals surface area contributed by atoms with E-state index in [9.17, 15) is 23.2 Å². The van der Waals surface area contributed by atoms with E-state index < -0.39 is 35.3 Å². The van der Waals surface area contributed by atoms with Crippen LogP contribution in [-0.4, -0.2) is 22.2 Å². The number of aromatic nitrogens is 2. The molecule has 0 saturated heterocycles. The smallest absolute Gasteiger partial charge is 0.332 e. The van der Waals surface area contributed by atoms with Crippen LogP contribution >= 0.6 is 0 Å². The van der Waals surface area contributed by atoms with Crippen molar-refractivity contribution >= 4 is 33.7 Å². The first-order valence-corrected chi connectivity index (χ1v) is 10.9. The molecule has 5 rings (SSSR count). The minimum atomic E-state index is -0.959. The summed E-state index contributed by atoms with van der Waals surface area (Å²) in [6.07, 6.45) is 0. The summed E-state index contributed by atoms with van der Waals surface area (Å²) in [6.45, 7) is -0.624. The number of halogens is 2. The first-order chi connectivity index (χ1) is 17.4. The molecule has 1 amide bonds. The van der Waals surface area contributed by atoms with Gasteiger partial charge in [0.1, 0.15) is 35.0 Å². The van der Waals surface area contributed by atoms with Crippen molar-refractivity contribution in [2.45, 2.75) is 13.1 Å². The number of anilines is 1. The van der Waals surface area contributed by atoms with Crippen molar-refractivity contribution in [3.8, 4) is 5.75 Å². The molecule has 0 aliphatic heterocycles. The van der Waals surface area contributed by atoms with Crippen molar-refractivity contribution < 1.29 is 22.7 Å². The van der Waals surface area contributed by atoms with Gasteiger partial charge in [0.05, 0.1) is 19.3 Å². The number of methoxy groups -OCH3 is 1. The van der Waals surface area contributed by atoms with Crippen molar-refractivity contribution in [3.63, 3.8) is 0 Å². The van der Waals surface area contributed by atoms with Gasteiger partial charge in [0.15, 0.2) is 0 Å². The van der Waals surface area contributed by atoms with Crippen molar-refractivity contribution in [1.82, 2.24) is 9.13 Å². The highest BCUT2D eigenvalue weighted by atomic mass is 19.1. The molecule has 0 aliphatic rings. The van der Waals surface area contributed by atoms with E-state index in [-0.39, 0.29) is 23.3 Å².